The van der Waals surface area contributed by atoms with E-state index >= 15 is 0 Å². The Kier molecular flexibility index (Phi) is 39.2. The molecule has 6 N–H and O–H groups in total. The standard InChI is InChI=1S/C18H17FN4O3.C18H17FN4O2.C17H15FN4O2.C14H14FNO.C12H10FNO.C12H12FN.C5H7N.C4H5N.2CH4/c1-26-11-23-8-13(6-12-2-4-14(19)5-3-12)15(9-23)16(24)7-17(25)18-20-10-21-22-18;1-22-9-13(7-12-3-5-14(19)6-4-12)15(10-22)16(24)8-17(25)18-20-11-23(2)21-18;1-22-10-20-17(21-22)16(24)7-15(23)14-9-19-8-12(14)6-11-2-4-13(18)5-3-11;1-10(17)14-9-16(2)8-12(14)7-11-3-5-13(15)6-4-11;1-14-7-6-10(8-14)12(15)9-2-4-11(13)5-3-9;1-14-7-6-11(9-14)8-10-2-4-12(13)5-3-10;1-6-4-2-3-5-6;1-2-4-5-3-1;;/h2-5,7-10,24H,6,11H2,1H3,(H,20,21,22);3-6,8-11,24H,7H2,1-2H3;2-5,7-10,19,23H,6H2,1H3;3-6,8-9H,7H2,1-2H3;2-8H,1H3;2-7,9H,8H2,1H3;2-5H,1H3;1-5H;2*1H4. The van der Waals surface area contributed by atoms with Gasteiger partial charge in [0.2, 0.25) is 29.0 Å². The van der Waals surface area contributed by atoms with Crippen molar-refractivity contribution in [2.45, 2.75) is 60.6 Å². The zero-order valence-electron chi connectivity index (χ0n) is 73.6. The summed E-state index contributed by atoms with van der Waals surface area (Å²) >= 11 is 0. The highest BCUT2D eigenvalue weighted by atomic mass is 19.1. The lowest BCUT2D eigenvalue weighted by atomic mass is 10.0. The van der Waals surface area contributed by atoms with Gasteiger partial charge in [0.1, 0.15) is 77.9 Å². The first kappa shape index (κ1) is 103. The van der Waals surface area contributed by atoms with E-state index in [1.807, 2.05) is 141 Å². The summed E-state index contributed by atoms with van der Waals surface area (Å²) < 4.78 is 96.3. The minimum Gasteiger partial charge on any atom is -0.507 e. The number of rotatable bonds is 24. The predicted octanol–water partition coefficient (Wildman–Crippen LogP) is 19.5. The Balaban J connectivity index is 0.000000195. The van der Waals surface area contributed by atoms with E-state index in [4.69, 9.17) is 4.74 Å². The number of aliphatic hydroxyl groups excluding tert-OH is 3. The van der Waals surface area contributed by atoms with E-state index in [9.17, 15) is 65.6 Å². The Morgan fingerprint density at radius 2 is 0.784 bits per heavy atom. The molecule has 11 heterocycles. The van der Waals surface area contributed by atoms with Gasteiger partial charge in [-0.3, -0.25) is 38.4 Å². The van der Waals surface area contributed by atoms with E-state index < -0.39 is 17.3 Å². The van der Waals surface area contributed by atoms with Gasteiger partial charge in [0.05, 0.1) is 0 Å². The van der Waals surface area contributed by atoms with Crippen molar-refractivity contribution in [1.29, 1.82) is 0 Å². The van der Waals surface area contributed by atoms with Gasteiger partial charge in [0.15, 0.2) is 17.4 Å². The third-order valence-electron chi connectivity index (χ3n) is 19.3. The number of nitrogens with one attached hydrogen (secondary N) is 3. The van der Waals surface area contributed by atoms with Gasteiger partial charge in [0.25, 0.3) is 0 Å². The van der Waals surface area contributed by atoms with Crippen LogP contribution in [0, 0.1) is 34.9 Å². The number of aromatic nitrogens is 17. The summed E-state index contributed by atoms with van der Waals surface area (Å²) in [6.07, 6.45) is 39.8. The molecule has 0 saturated carbocycles. The molecule has 0 aliphatic rings. The van der Waals surface area contributed by atoms with Crippen LogP contribution in [0.1, 0.15) is 152 Å². The fourth-order valence-electron chi connectivity index (χ4n) is 13.0. The van der Waals surface area contributed by atoms with E-state index in [2.05, 4.69) is 57.6 Å². The molecule has 0 spiro atoms. The third-order valence-corrected chi connectivity index (χ3v) is 19.3. The summed E-state index contributed by atoms with van der Waals surface area (Å²) in [5, 5.41) is 45.0. The first-order valence-corrected chi connectivity index (χ1v) is 40.8. The summed E-state index contributed by atoms with van der Waals surface area (Å²) in [5.74, 6) is -3.61. The second-order valence-electron chi connectivity index (χ2n) is 30.1. The Hall–Kier alpha value is -16.5. The van der Waals surface area contributed by atoms with Gasteiger partial charge in [-0.1, -0.05) is 75.5 Å². The molecule has 0 amide bonds. The van der Waals surface area contributed by atoms with Crippen molar-refractivity contribution < 1.29 is 70.4 Å². The normalized spacial score (nSPS) is 10.8. The molecule has 0 bridgehead atoms. The number of benzene rings is 6. The van der Waals surface area contributed by atoms with E-state index in [1.165, 1.54) is 119 Å². The Labute approximate surface area is 771 Å². The summed E-state index contributed by atoms with van der Waals surface area (Å²) in [6, 6.07) is 48.6. The fraction of sp³-hybridized carbons (Fsp3) is 0.167. The number of Topliss-reactive ketones (excluding diaryl/α,β-unsaturated/α-hetero) is 1. The number of carbonyl (C=O) groups is 5. The average Bonchev–Trinajstić information content (AvgIpc) is 1.69. The molecule has 26 nitrogen and oxygen atoms in total. The minimum absolute atomic E-state index is 0. The molecule has 0 atom stereocenters. The SMILES string of the molecule is C.C.CC(=O)c1cn(C)cc1Cc1ccc(F)cc1.COCn1cc(Cc2ccc(F)cc2)c(C(O)=CC(=O)c2ncn[nH]2)c1.Cn1cc(Cc2ccc(F)cc2)c(C(O)=CC(=O)c2ncn(C)n2)c1.Cn1ccc(C(=O)c2ccc(F)cc2)c1.Cn1ccc(Cc2ccc(F)cc2)c1.Cn1cccc1.Cn1cnc(C(=O)C=C(O)c2c[nH]cc2Cc2ccc(F)cc2)n1.c1cc[nH]c1. The number of aliphatic hydroxyl groups is 3. The van der Waals surface area contributed by atoms with Crippen molar-refractivity contribution in [3.8, 4) is 0 Å². The number of hydrogen-bond acceptors (Lipinski definition) is 15. The maximum absolute atomic E-state index is 13.1. The van der Waals surface area contributed by atoms with E-state index in [0.29, 0.717) is 60.2 Å². The van der Waals surface area contributed by atoms with Crippen LogP contribution in [0.3, 0.4) is 0 Å². The number of hydrogen-bond donors (Lipinski definition) is 6. The van der Waals surface area contributed by atoms with Crippen LogP contribution < -0.4 is 0 Å². The lowest BCUT2D eigenvalue weighted by molar-refractivity contribution is 0.101. The molecule has 0 unspecified atom stereocenters. The molecule has 0 saturated heterocycles. The zero-order chi connectivity index (χ0) is 94.8. The molecule has 0 radical (unpaired) electrons. The highest BCUT2D eigenvalue weighted by molar-refractivity contribution is 6.09. The van der Waals surface area contributed by atoms with Crippen LogP contribution in [-0.4, -0.2) is 133 Å². The summed E-state index contributed by atoms with van der Waals surface area (Å²) in [4.78, 5) is 76.8. The van der Waals surface area contributed by atoms with Crippen molar-refractivity contribution in [1.82, 2.24) is 82.1 Å². The minimum atomic E-state index is -0.493. The molecule has 0 aliphatic carbocycles. The largest absolute Gasteiger partial charge is 0.507 e. The molecular weight excluding hydrogens is 1720 g/mol. The molecule has 694 valence electrons. The van der Waals surface area contributed by atoms with Crippen LogP contribution in [0.5, 0.6) is 0 Å². The molecule has 0 aliphatic heterocycles. The van der Waals surface area contributed by atoms with Crippen molar-refractivity contribution in [3.05, 3.63) is 460 Å². The van der Waals surface area contributed by atoms with E-state index in [0.717, 1.165) is 80.3 Å². The van der Waals surface area contributed by atoms with Crippen LogP contribution in [0.4, 0.5) is 26.3 Å². The number of halogens is 6. The highest BCUT2D eigenvalue weighted by Crippen LogP contribution is 2.27. The number of allylic oxidation sites excluding steroid dienone is 3. The summed E-state index contributed by atoms with van der Waals surface area (Å²) in [6.45, 7) is 1.85. The molecule has 17 aromatic rings. The first-order chi connectivity index (χ1) is 63.4. The molecule has 11 aromatic heterocycles. The number of aromatic amines is 3. The first-order valence-electron chi connectivity index (χ1n) is 40.8. The predicted molar refractivity (Wildman–Crippen MR) is 503 cm³/mol. The van der Waals surface area contributed by atoms with Crippen LogP contribution in [0.2, 0.25) is 0 Å². The Bertz CT molecular complexity index is 6600. The molecular formula is C102H105F6N17O9. The summed E-state index contributed by atoms with van der Waals surface area (Å²) in [7, 11) is 14.4. The zero-order valence-corrected chi connectivity index (χ0v) is 73.6. The number of H-pyrrole nitrogens is 3. The van der Waals surface area contributed by atoms with Crippen molar-refractivity contribution in [3.63, 3.8) is 0 Å². The van der Waals surface area contributed by atoms with Crippen molar-refractivity contribution in [2.75, 3.05) is 7.11 Å². The van der Waals surface area contributed by atoms with Crippen molar-refractivity contribution >= 4 is 46.2 Å². The van der Waals surface area contributed by atoms with Gasteiger partial charge in [0, 0.05) is 207 Å². The van der Waals surface area contributed by atoms with E-state index in [-0.39, 0.29) is 96.1 Å². The maximum atomic E-state index is 13.1. The number of ether oxygens (including phenoxy) is 1. The number of nitrogens with zero attached hydrogens (tertiary/aromatic N) is 14. The molecule has 17 rings (SSSR count). The van der Waals surface area contributed by atoms with Crippen LogP contribution in [0.15, 0.2) is 318 Å². The number of methoxy groups -OCH3 is 1. The van der Waals surface area contributed by atoms with Gasteiger partial charge in [-0.15, -0.1) is 10.2 Å². The second-order valence-corrected chi connectivity index (χ2v) is 30.1. The molecule has 6 aromatic carbocycles. The lowest BCUT2D eigenvalue weighted by Crippen LogP contribution is -2.01. The number of carbonyl (C=O) groups excluding carboxylic acids is 5. The van der Waals surface area contributed by atoms with Crippen LogP contribution >= 0.6 is 0 Å². The fourth-order valence-corrected chi connectivity index (χ4v) is 13.0. The van der Waals surface area contributed by atoms with Crippen molar-refractivity contribution in [2.24, 2.45) is 49.3 Å². The second kappa shape index (κ2) is 51.0. The van der Waals surface area contributed by atoms with Gasteiger partial charge in [-0.25, -0.2) is 41.3 Å². The van der Waals surface area contributed by atoms with Gasteiger partial charge < -0.3 is 57.4 Å². The van der Waals surface area contributed by atoms with Gasteiger partial charge in [-0.05, 0) is 216 Å². The van der Waals surface area contributed by atoms with E-state index in [1.54, 1.807) is 134 Å². The Morgan fingerprint density at radius 1 is 0.381 bits per heavy atom. The molecule has 134 heavy (non-hydrogen) atoms. The third kappa shape index (κ3) is 32.6. The highest BCUT2D eigenvalue weighted by Gasteiger charge is 2.20. The smallest absolute Gasteiger partial charge is 0.228 e. The van der Waals surface area contributed by atoms with Crippen LogP contribution in [-0.2, 0) is 92.9 Å². The van der Waals surface area contributed by atoms with Crippen LogP contribution in [0.25, 0.3) is 17.3 Å². The number of ketones is 5. The lowest BCUT2D eigenvalue weighted by Gasteiger charge is -2.04. The quantitative estimate of drug-likeness (QED) is 0.0142. The Morgan fingerprint density at radius 3 is 1.16 bits per heavy atom. The number of aryl methyl sites for hydroxylation is 7. The monoisotopic (exact) mass is 1830 g/mol. The average molecular weight is 1830 g/mol. The van der Waals surface area contributed by atoms with Gasteiger partial charge >= 0.3 is 0 Å². The topological polar surface area (TPSA) is 319 Å². The molecule has 32 heteroatoms. The van der Waals surface area contributed by atoms with Gasteiger partial charge in [-0.2, -0.15) is 5.10 Å². The molecule has 0 fully saturated rings. The maximum Gasteiger partial charge on any atom is 0.228 e. The summed E-state index contributed by atoms with van der Waals surface area (Å²) in [5.41, 5.74) is 12.8.